The molecule has 0 aromatic heterocycles. The number of ether oxygens (including phenoxy) is 2. The summed E-state index contributed by atoms with van der Waals surface area (Å²) in [5.41, 5.74) is 0. The summed E-state index contributed by atoms with van der Waals surface area (Å²) in [5, 5.41) is 0. The van der Waals surface area contributed by atoms with Crippen molar-refractivity contribution in [1.29, 1.82) is 0 Å². The van der Waals surface area contributed by atoms with Crippen molar-refractivity contribution in [2.24, 2.45) is 11.8 Å². The molecule has 0 N–H and O–H groups in total. The Morgan fingerprint density at radius 1 is 0.382 bits per heavy atom. The summed E-state index contributed by atoms with van der Waals surface area (Å²) in [7, 11) is 4.28. The van der Waals surface area contributed by atoms with E-state index in [0.717, 1.165) is 64.7 Å². The van der Waals surface area contributed by atoms with Crippen LogP contribution in [0.4, 0.5) is 0 Å². The first-order valence-electron chi connectivity index (χ1n) is 24.5. The van der Waals surface area contributed by atoms with Gasteiger partial charge in [-0.15, -0.1) is 0 Å². The fourth-order valence-electron chi connectivity index (χ4n) is 7.75. The molecule has 0 bridgehead atoms. The minimum Gasteiger partial charge on any atom is -0.465 e. The highest BCUT2D eigenvalue weighted by Gasteiger charge is 2.14. The summed E-state index contributed by atoms with van der Waals surface area (Å²) in [5.74, 6) is 1.07. The van der Waals surface area contributed by atoms with Crippen LogP contribution in [-0.4, -0.2) is 75.2 Å². The molecule has 0 aliphatic carbocycles. The first kappa shape index (κ1) is 53.9. The predicted molar refractivity (Wildman–Crippen MR) is 239 cm³/mol. The van der Waals surface area contributed by atoms with Gasteiger partial charge in [0.1, 0.15) is 0 Å². The number of hydrogen-bond donors (Lipinski definition) is 0. The maximum absolute atomic E-state index is 12.7. The molecular formula is C49H98N2O4. The summed E-state index contributed by atoms with van der Waals surface area (Å²) < 4.78 is 11.7. The standard InChI is InChI=1S/C49H98N2O4/c1-7-11-15-19-22-28-36-46(34-26-18-14-10-4)44-54-48(52)38-30-24-32-40-51(43-42-50(5)6)41-33-25-31-39-49(53)55-45-47(35-27-21-17-13-9-3)37-29-23-20-16-12-8-2/h46-47H,7-45H2,1-6H3. The molecule has 0 heterocycles. The van der Waals surface area contributed by atoms with E-state index >= 15 is 0 Å². The molecule has 0 aliphatic rings. The Bertz CT molecular complexity index is 806. The van der Waals surface area contributed by atoms with Gasteiger partial charge in [0.05, 0.1) is 13.2 Å². The van der Waals surface area contributed by atoms with Gasteiger partial charge in [0, 0.05) is 25.9 Å². The van der Waals surface area contributed by atoms with E-state index in [1.54, 1.807) is 0 Å². The maximum Gasteiger partial charge on any atom is 0.305 e. The topological polar surface area (TPSA) is 59.1 Å². The molecule has 0 saturated carbocycles. The van der Waals surface area contributed by atoms with E-state index in [9.17, 15) is 9.59 Å². The van der Waals surface area contributed by atoms with E-state index in [4.69, 9.17) is 9.47 Å². The number of carbonyl (C=O) groups is 2. The van der Waals surface area contributed by atoms with Crippen LogP contribution in [0.1, 0.15) is 240 Å². The monoisotopic (exact) mass is 779 g/mol. The summed E-state index contributed by atoms with van der Waals surface area (Å²) in [6, 6.07) is 0. The molecule has 6 heteroatoms. The molecule has 0 radical (unpaired) electrons. The fraction of sp³-hybridized carbons (Fsp3) is 0.959. The van der Waals surface area contributed by atoms with Gasteiger partial charge >= 0.3 is 11.9 Å². The zero-order valence-electron chi connectivity index (χ0n) is 38.3. The van der Waals surface area contributed by atoms with Crippen LogP contribution in [0.25, 0.3) is 0 Å². The number of likely N-dealkylation sites (N-methyl/N-ethyl adjacent to an activating group) is 1. The van der Waals surface area contributed by atoms with Crippen LogP contribution < -0.4 is 0 Å². The van der Waals surface area contributed by atoms with Gasteiger partial charge in [0.25, 0.3) is 0 Å². The third-order valence-corrected chi connectivity index (χ3v) is 11.6. The Balaban J connectivity index is 4.42. The first-order chi connectivity index (χ1) is 26.9. The minimum atomic E-state index is 0.000212. The highest BCUT2D eigenvalue weighted by molar-refractivity contribution is 5.69. The van der Waals surface area contributed by atoms with Crippen LogP contribution in [0.3, 0.4) is 0 Å². The minimum absolute atomic E-state index is 0.000212. The van der Waals surface area contributed by atoms with Crippen molar-refractivity contribution in [2.45, 2.75) is 240 Å². The molecule has 6 nitrogen and oxygen atoms in total. The van der Waals surface area contributed by atoms with Crippen molar-refractivity contribution in [3.05, 3.63) is 0 Å². The Morgan fingerprint density at radius 3 is 1.04 bits per heavy atom. The zero-order chi connectivity index (χ0) is 40.5. The third kappa shape index (κ3) is 39.5. The van der Waals surface area contributed by atoms with Gasteiger partial charge in [-0.1, -0.05) is 175 Å². The first-order valence-corrected chi connectivity index (χ1v) is 24.5. The van der Waals surface area contributed by atoms with E-state index in [0.29, 0.717) is 37.9 Å². The average Bonchev–Trinajstić information content (AvgIpc) is 3.17. The van der Waals surface area contributed by atoms with Crippen molar-refractivity contribution in [1.82, 2.24) is 9.80 Å². The normalized spacial score (nSPS) is 12.8. The quantitative estimate of drug-likeness (QED) is 0.0453. The van der Waals surface area contributed by atoms with Crippen molar-refractivity contribution in [3.63, 3.8) is 0 Å². The molecule has 0 fully saturated rings. The van der Waals surface area contributed by atoms with Crippen molar-refractivity contribution >= 4 is 11.9 Å². The summed E-state index contributed by atoms with van der Waals surface area (Å²) in [6.45, 7) is 14.6. The van der Waals surface area contributed by atoms with Gasteiger partial charge in [0.2, 0.25) is 0 Å². The average molecular weight is 779 g/mol. The van der Waals surface area contributed by atoms with E-state index in [2.05, 4.69) is 51.6 Å². The second-order valence-corrected chi connectivity index (χ2v) is 17.5. The molecule has 2 unspecified atom stereocenters. The van der Waals surface area contributed by atoms with E-state index in [1.165, 1.54) is 161 Å². The third-order valence-electron chi connectivity index (χ3n) is 11.6. The molecule has 0 spiro atoms. The van der Waals surface area contributed by atoms with Crippen LogP contribution in [0.15, 0.2) is 0 Å². The van der Waals surface area contributed by atoms with Gasteiger partial charge in [-0.2, -0.15) is 0 Å². The second kappa shape index (κ2) is 42.5. The molecule has 0 aromatic carbocycles. The lowest BCUT2D eigenvalue weighted by Gasteiger charge is -2.24. The Morgan fingerprint density at radius 2 is 0.691 bits per heavy atom. The zero-order valence-corrected chi connectivity index (χ0v) is 38.3. The summed E-state index contributed by atoms with van der Waals surface area (Å²) >= 11 is 0. The molecule has 55 heavy (non-hydrogen) atoms. The van der Waals surface area contributed by atoms with Crippen molar-refractivity contribution in [2.75, 3.05) is 53.5 Å². The smallest absolute Gasteiger partial charge is 0.305 e. The lowest BCUT2D eigenvalue weighted by Crippen LogP contribution is -2.33. The van der Waals surface area contributed by atoms with Gasteiger partial charge in [0.15, 0.2) is 0 Å². The number of esters is 2. The number of hydrogen-bond acceptors (Lipinski definition) is 6. The van der Waals surface area contributed by atoms with Gasteiger partial charge in [-0.3, -0.25) is 9.59 Å². The van der Waals surface area contributed by atoms with E-state index < -0.39 is 0 Å². The van der Waals surface area contributed by atoms with Gasteiger partial charge in [-0.25, -0.2) is 0 Å². The van der Waals surface area contributed by atoms with E-state index in [-0.39, 0.29) is 11.9 Å². The molecule has 328 valence electrons. The molecule has 0 aliphatic heterocycles. The van der Waals surface area contributed by atoms with Crippen molar-refractivity contribution < 1.29 is 19.1 Å². The number of carbonyl (C=O) groups excluding carboxylic acids is 2. The number of rotatable bonds is 44. The van der Waals surface area contributed by atoms with Crippen LogP contribution in [0.5, 0.6) is 0 Å². The summed E-state index contributed by atoms with van der Waals surface area (Å²) in [6.07, 6.45) is 39.7. The van der Waals surface area contributed by atoms with Gasteiger partial charge in [-0.05, 0) is 90.4 Å². The molecule has 0 rings (SSSR count). The number of unbranched alkanes of at least 4 members (excludes halogenated alkanes) is 21. The second-order valence-electron chi connectivity index (χ2n) is 17.5. The van der Waals surface area contributed by atoms with Crippen LogP contribution >= 0.6 is 0 Å². The van der Waals surface area contributed by atoms with Crippen LogP contribution in [0, 0.1) is 11.8 Å². The lowest BCUT2D eigenvalue weighted by atomic mass is 9.95. The SMILES string of the molecule is CCCCCCCCC(CCCCCC)COC(=O)CCCCCN(CCCCCC(=O)OCC(CCCCCCC)CCCCCCCC)CCN(C)C. The van der Waals surface area contributed by atoms with E-state index in [1.807, 2.05) is 0 Å². The van der Waals surface area contributed by atoms with Gasteiger partial charge < -0.3 is 19.3 Å². The largest absolute Gasteiger partial charge is 0.465 e. The lowest BCUT2D eigenvalue weighted by molar-refractivity contribution is -0.146. The highest BCUT2D eigenvalue weighted by atomic mass is 16.5. The Labute approximate surface area is 344 Å². The maximum atomic E-state index is 12.7. The van der Waals surface area contributed by atoms with Crippen molar-refractivity contribution in [3.8, 4) is 0 Å². The van der Waals surface area contributed by atoms with Crippen LogP contribution in [-0.2, 0) is 19.1 Å². The fourth-order valence-corrected chi connectivity index (χ4v) is 7.75. The molecule has 2 atom stereocenters. The molecule has 0 amide bonds. The predicted octanol–water partition coefficient (Wildman–Crippen LogP) is 14.1. The Hall–Kier alpha value is -1.14. The Kier molecular flexibility index (Phi) is 41.6. The molecule has 0 aromatic rings. The summed E-state index contributed by atoms with van der Waals surface area (Å²) in [4.78, 5) is 30.2. The molecule has 0 saturated heterocycles. The number of nitrogens with zero attached hydrogens (tertiary/aromatic N) is 2. The molecular weight excluding hydrogens is 681 g/mol. The highest BCUT2D eigenvalue weighted by Crippen LogP contribution is 2.22. The van der Waals surface area contributed by atoms with Crippen LogP contribution in [0.2, 0.25) is 0 Å².